The lowest BCUT2D eigenvalue weighted by atomic mass is 10.1. The smallest absolute Gasteiger partial charge is 0.356 e. The highest BCUT2D eigenvalue weighted by atomic mass is 16.4. The molecule has 0 saturated carbocycles. The molecule has 6 heteroatoms. The molecule has 1 N–H and O–H groups in total. The van der Waals surface area contributed by atoms with Gasteiger partial charge in [0.25, 0.3) is 0 Å². The number of aromatic nitrogens is 3. The van der Waals surface area contributed by atoms with Crippen molar-refractivity contribution in [3.8, 4) is 11.3 Å². The van der Waals surface area contributed by atoms with E-state index in [1.165, 1.54) is 18.1 Å². The topological polar surface area (TPSA) is 70.7 Å². The molecule has 0 atom stereocenters. The minimum absolute atomic E-state index is 0.0202. The number of piperidine rings is 1. The molecule has 6 nitrogen and oxygen atoms in total. The lowest BCUT2D eigenvalue weighted by Gasteiger charge is -2.29. The van der Waals surface area contributed by atoms with Gasteiger partial charge in [-0.3, -0.25) is 0 Å². The minimum atomic E-state index is -1.04. The quantitative estimate of drug-likeness (QED) is 0.794. The molecule has 2 aromatic heterocycles. The summed E-state index contributed by atoms with van der Waals surface area (Å²) in [4.78, 5) is 18.2. The van der Waals surface area contributed by atoms with Crippen LogP contribution in [0.15, 0.2) is 36.4 Å². The molecule has 1 fully saturated rings. The van der Waals surface area contributed by atoms with Gasteiger partial charge in [0.1, 0.15) is 5.82 Å². The largest absolute Gasteiger partial charge is 0.476 e. The van der Waals surface area contributed by atoms with Crippen molar-refractivity contribution in [2.75, 3.05) is 18.0 Å². The summed E-state index contributed by atoms with van der Waals surface area (Å²) >= 11 is 0. The number of nitrogens with zero attached hydrogens (tertiary/aromatic N) is 4. The fourth-order valence-corrected chi connectivity index (χ4v) is 3.28. The second-order valence-corrected chi connectivity index (χ2v) is 6.52. The monoisotopic (exact) mass is 336 g/mol. The van der Waals surface area contributed by atoms with Crippen LogP contribution in [0.1, 0.15) is 35.3 Å². The molecule has 0 unspecified atom stereocenters. The van der Waals surface area contributed by atoms with E-state index in [9.17, 15) is 9.90 Å². The number of fused-ring (bicyclic) bond motifs is 1. The zero-order valence-corrected chi connectivity index (χ0v) is 14.1. The predicted octanol–water partition coefficient (Wildman–Crippen LogP) is 3.39. The maximum absolute atomic E-state index is 11.3. The molecule has 0 amide bonds. The van der Waals surface area contributed by atoms with Crippen LogP contribution in [0.4, 0.5) is 5.82 Å². The van der Waals surface area contributed by atoms with Crippen molar-refractivity contribution in [2.24, 2.45) is 0 Å². The van der Waals surface area contributed by atoms with E-state index in [-0.39, 0.29) is 5.69 Å². The van der Waals surface area contributed by atoms with E-state index in [1.54, 1.807) is 4.52 Å². The molecule has 1 saturated heterocycles. The standard InChI is InChI=1S/C19H20N4O2/c1-13-5-7-14(8-6-13)15-12-18(22-9-3-2-4-10-22)23-17(20-15)11-16(21-23)19(24)25/h5-8,11-12H,2-4,9-10H2,1H3,(H,24,25). The van der Waals surface area contributed by atoms with Crippen LogP contribution < -0.4 is 4.90 Å². The molecule has 1 aromatic carbocycles. The van der Waals surface area contributed by atoms with Crippen LogP contribution in [0.3, 0.4) is 0 Å². The fraction of sp³-hybridized carbons (Fsp3) is 0.316. The average molecular weight is 336 g/mol. The molecule has 1 aliphatic heterocycles. The number of carbonyl (C=O) groups is 1. The van der Waals surface area contributed by atoms with Crippen molar-refractivity contribution >= 4 is 17.4 Å². The van der Waals surface area contributed by atoms with Gasteiger partial charge in [0.2, 0.25) is 0 Å². The maximum Gasteiger partial charge on any atom is 0.356 e. The first-order valence-electron chi connectivity index (χ1n) is 8.58. The number of aryl methyl sites for hydroxylation is 1. The highest BCUT2D eigenvalue weighted by Gasteiger charge is 2.19. The summed E-state index contributed by atoms with van der Waals surface area (Å²) in [5.41, 5.74) is 3.64. The predicted molar refractivity (Wildman–Crippen MR) is 96.2 cm³/mol. The molecule has 0 radical (unpaired) electrons. The first-order valence-corrected chi connectivity index (χ1v) is 8.58. The number of benzene rings is 1. The summed E-state index contributed by atoms with van der Waals surface area (Å²) in [5, 5.41) is 13.5. The van der Waals surface area contributed by atoms with E-state index in [0.717, 1.165) is 43.0 Å². The SMILES string of the molecule is Cc1ccc(-c2cc(N3CCCCC3)n3nc(C(=O)O)cc3n2)cc1. The Kier molecular flexibility index (Phi) is 3.87. The number of hydrogen-bond donors (Lipinski definition) is 1. The fourth-order valence-electron chi connectivity index (χ4n) is 3.28. The lowest BCUT2D eigenvalue weighted by molar-refractivity contribution is 0.0690. The summed E-state index contributed by atoms with van der Waals surface area (Å²) in [5.74, 6) is -0.125. The van der Waals surface area contributed by atoms with Crippen molar-refractivity contribution < 1.29 is 9.90 Å². The highest BCUT2D eigenvalue weighted by Crippen LogP contribution is 2.27. The number of carboxylic acids is 1. The summed E-state index contributed by atoms with van der Waals surface area (Å²) in [6, 6.07) is 11.8. The molecule has 4 rings (SSSR count). The van der Waals surface area contributed by atoms with Gasteiger partial charge in [-0.1, -0.05) is 29.8 Å². The van der Waals surface area contributed by atoms with Crippen LogP contribution in [0, 0.1) is 6.92 Å². The van der Waals surface area contributed by atoms with Gasteiger partial charge in [0, 0.05) is 30.8 Å². The van der Waals surface area contributed by atoms with Crippen LogP contribution in [0.5, 0.6) is 0 Å². The van der Waals surface area contributed by atoms with Gasteiger partial charge < -0.3 is 10.0 Å². The van der Waals surface area contributed by atoms with Gasteiger partial charge in [0.05, 0.1) is 5.69 Å². The third kappa shape index (κ3) is 2.95. The molecular weight excluding hydrogens is 316 g/mol. The number of anilines is 1. The lowest BCUT2D eigenvalue weighted by Crippen LogP contribution is -2.31. The molecule has 0 bridgehead atoms. The van der Waals surface area contributed by atoms with Gasteiger partial charge in [-0.05, 0) is 26.2 Å². The van der Waals surface area contributed by atoms with Gasteiger partial charge in [-0.25, -0.2) is 9.78 Å². The first kappa shape index (κ1) is 15.6. The zero-order valence-electron chi connectivity index (χ0n) is 14.1. The van der Waals surface area contributed by atoms with E-state index in [4.69, 9.17) is 0 Å². The maximum atomic E-state index is 11.3. The summed E-state index contributed by atoms with van der Waals surface area (Å²) < 4.78 is 1.66. The van der Waals surface area contributed by atoms with Crippen LogP contribution in [0.2, 0.25) is 0 Å². The van der Waals surface area contributed by atoms with E-state index in [0.29, 0.717) is 5.65 Å². The third-order valence-corrected chi connectivity index (χ3v) is 4.65. The van der Waals surface area contributed by atoms with E-state index < -0.39 is 5.97 Å². The van der Waals surface area contributed by atoms with E-state index in [2.05, 4.69) is 34.0 Å². The summed E-state index contributed by atoms with van der Waals surface area (Å²) in [7, 11) is 0. The molecule has 1 aliphatic rings. The second kappa shape index (κ2) is 6.20. The van der Waals surface area contributed by atoms with Crippen LogP contribution >= 0.6 is 0 Å². The first-order chi connectivity index (χ1) is 12.1. The molecule has 128 valence electrons. The highest BCUT2D eigenvalue weighted by molar-refractivity contribution is 5.87. The Morgan fingerprint density at radius 3 is 2.48 bits per heavy atom. The van der Waals surface area contributed by atoms with E-state index in [1.807, 2.05) is 18.2 Å². The third-order valence-electron chi connectivity index (χ3n) is 4.65. The molecule has 3 heterocycles. The molecule has 0 spiro atoms. The van der Waals surface area contributed by atoms with Gasteiger partial charge in [-0.2, -0.15) is 9.61 Å². The number of aromatic carboxylic acids is 1. The zero-order chi connectivity index (χ0) is 17.4. The van der Waals surface area contributed by atoms with Crippen LogP contribution in [0.25, 0.3) is 16.9 Å². The summed E-state index contributed by atoms with van der Waals surface area (Å²) in [6.45, 7) is 3.96. The van der Waals surface area contributed by atoms with Crippen molar-refractivity contribution in [3.05, 3.63) is 47.7 Å². The Hall–Kier alpha value is -2.89. The Bertz CT molecular complexity index is 924. The van der Waals surface area contributed by atoms with Gasteiger partial charge in [-0.15, -0.1) is 0 Å². The average Bonchev–Trinajstić information content (AvgIpc) is 3.07. The van der Waals surface area contributed by atoms with Crippen molar-refractivity contribution in [1.82, 2.24) is 14.6 Å². The Balaban J connectivity index is 1.89. The number of rotatable bonds is 3. The van der Waals surface area contributed by atoms with Crippen LogP contribution in [-0.2, 0) is 0 Å². The minimum Gasteiger partial charge on any atom is -0.476 e. The van der Waals surface area contributed by atoms with Crippen molar-refractivity contribution in [1.29, 1.82) is 0 Å². The second-order valence-electron chi connectivity index (χ2n) is 6.52. The summed E-state index contributed by atoms with van der Waals surface area (Å²) in [6.07, 6.45) is 3.50. The van der Waals surface area contributed by atoms with Crippen molar-refractivity contribution in [2.45, 2.75) is 26.2 Å². The van der Waals surface area contributed by atoms with E-state index >= 15 is 0 Å². The Morgan fingerprint density at radius 1 is 1.08 bits per heavy atom. The Morgan fingerprint density at radius 2 is 1.80 bits per heavy atom. The van der Waals surface area contributed by atoms with Crippen LogP contribution in [-0.4, -0.2) is 38.8 Å². The Labute approximate surface area is 145 Å². The normalized spacial score (nSPS) is 14.8. The molecule has 0 aliphatic carbocycles. The molecular formula is C19H20N4O2. The molecule has 25 heavy (non-hydrogen) atoms. The number of hydrogen-bond acceptors (Lipinski definition) is 4. The van der Waals surface area contributed by atoms with Crippen molar-refractivity contribution in [3.63, 3.8) is 0 Å². The molecule has 3 aromatic rings. The van der Waals surface area contributed by atoms with Gasteiger partial charge in [0.15, 0.2) is 11.3 Å². The van der Waals surface area contributed by atoms with Gasteiger partial charge >= 0.3 is 5.97 Å². The number of carboxylic acid groups (broad SMARTS) is 1.